The van der Waals surface area contributed by atoms with Crippen molar-refractivity contribution in [1.82, 2.24) is 13.9 Å². The van der Waals surface area contributed by atoms with E-state index in [0.717, 1.165) is 5.82 Å². The molecule has 2 aromatic rings. The molecule has 1 aliphatic heterocycles. The molecule has 2 heterocycles. The molecular formula is C13H14N4O2S2. The Labute approximate surface area is 128 Å². The highest BCUT2D eigenvalue weighted by molar-refractivity contribution is 7.89. The van der Waals surface area contributed by atoms with Gasteiger partial charge in [-0.1, -0.05) is 30.4 Å². The third kappa shape index (κ3) is 2.45. The second-order valence-electron chi connectivity index (χ2n) is 4.74. The molecule has 0 unspecified atom stereocenters. The van der Waals surface area contributed by atoms with E-state index >= 15 is 0 Å². The van der Waals surface area contributed by atoms with Crippen LogP contribution in [-0.4, -0.2) is 33.8 Å². The van der Waals surface area contributed by atoms with Crippen LogP contribution in [0.2, 0.25) is 0 Å². The quantitative estimate of drug-likeness (QED) is 0.842. The first-order valence-corrected chi connectivity index (χ1v) is 8.24. The van der Waals surface area contributed by atoms with Gasteiger partial charge in [0, 0.05) is 31.0 Å². The lowest BCUT2D eigenvalue weighted by Crippen LogP contribution is -2.39. The predicted molar refractivity (Wildman–Crippen MR) is 82.2 cm³/mol. The van der Waals surface area contributed by atoms with Gasteiger partial charge in [0.15, 0.2) is 0 Å². The maximum Gasteiger partial charge on any atom is 0.244 e. The zero-order chi connectivity index (χ0) is 15.0. The topological polar surface area (TPSA) is 81.2 Å². The van der Waals surface area contributed by atoms with Crippen LogP contribution in [0, 0.1) is 0 Å². The average Bonchev–Trinajstić information content (AvgIpc) is 2.94. The van der Waals surface area contributed by atoms with E-state index in [-0.39, 0.29) is 16.4 Å². The van der Waals surface area contributed by atoms with Crippen molar-refractivity contribution in [2.45, 2.75) is 18.0 Å². The van der Waals surface area contributed by atoms with E-state index in [9.17, 15) is 8.42 Å². The molecule has 0 amide bonds. The smallest absolute Gasteiger partial charge is 0.244 e. The van der Waals surface area contributed by atoms with Crippen molar-refractivity contribution in [3.05, 3.63) is 48.0 Å². The van der Waals surface area contributed by atoms with Gasteiger partial charge in [-0.3, -0.25) is 0 Å². The molecule has 2 N–H and O–H groups in total. The van der Waals surface area contributed by atoms with Crippen molar-refractivity contribution in [2.24, 2.45) is 5.73 Å². The molecule has 1 aliphatic rings. The van der Waals surface area contributed by atoms with Crippen LogP contribution >= 0.6 is 12.2 Å². The molecule has 0 saturated carbocycles. The lowest BCUT2D eigenvalue weighted by atomic mass is 10.2. The highest BCUT2D eigenvalue weighted by atomic mass is 32.2. The minimum absolute atomic E-state index is 0.0766. The number of thiocarbonyl (C=S) groups is 1. The predicted octanol–water partition coefficient (Wildman–Crippen LogP) is 0.722. The van der Waals surface area contributed by atoms with Gasteiger partial charge in [-0.05, 0) is 6.07 Å². The molecule has 21 heavy (non-hydrogen) atoms. The number of aromatic nitrogens is 2. The van der Waals surface area contributed by atoms with E-state index in [1.807, 2.05) is 10.8 Å². The van der Waals surface area contributed by atoms with Crippen LogP contribution in [0.1, 0.15) is 11.4 Å². The average molecular weight is 322 g/mol. The summed E-state index contributed by atoms with van der Waals surface area (Å²) in [6.45, 7) is 1.24. The van der Waals surface area contributed by atoms with Crippen molar-refractivity contribution in [1.29, 1.82) is 0 Å². The Morgan fingerprint density at radius 1 is 1.29 bits per heavy atom. The number of imidazole rings is 1. The van der Waals surface area contributed by atoms with Gasteiger partial charge in [0.2, 0.25) is 10.0 Å². The summed E-state index contributed by atoms with van der Waals surface area (Å²) in [6, 6.07) is 6.54. The van der Waals surface area contributed by atoms with Crippen molar-refractivity contribution in [2.75, 3.05) is 6.54 Å². The molecule has 1 aromatic carbocycles. The minimum Gasteiger partial charge on any atom is -0.389 e. The van der Waals surface area contributed by atoms with Crippen LogP contribution in [0.15, 0.2) is 41.6 Å². The van der Waals surface area contributed by atoms with Crippen LogP contribution < -0.4 is 5.73 Å². The van der Waals surface area contributed by atoms with Crippen LogP contribution in [0.5, 0.6) is 0 Å². The van der Waals surface area contributed by atoms with Gasteiger partial charge in [0.1, 0.15) is 10.8 Å². The Hall–Kier alpha value is -1.77. The second kappa shape index (κ2) is 5.21. The maximum atomic E-state index is 12.8. The summed E-state index contributed by atoms with van der Waals surface area (Å²) in [5.74, 6) is 0.734. The molecule has 0 bridgehead atoms. The zero-order valence-electron chi connectivity index (χ0n) is 11.1. The number of benzene rings is 1. The first-order chi connectivity index (χ1) is 10.00. The lowest BCUT2D eigenvalue weighted by molar-refractivity contribution is 0.335. The standard InChI is InChI=1S/C13H14N4O2S2/c14-13(20)10-3-1-2-4-11(10)21(18,19)17-8-7-16-6-5-15-12(16)9-17/h1-6H,7-9H2,(H2,14,20). The van der Waals surface area contributed by atoms with Gasteiger partial charge >= 0.3 is 0 Å². The van der Waals surface area contributed by atoms with Crippen molar-refractivity contribution in [3.63, 3.8) is 0 Å². The van der Waals surface area contributed by atoms with Gasteiger partial charge in [0.05, 0.1) is 11.4 Å². The van der Waals surface area contributed by atoms with E-state index < -0.39 is 10.0 Å². The normalized spacial score (nSPS) is 15.6. The molecular weight excluding hydrogens is 308 g/mol. The summed E-state index contributed by atoms with van der Waals surface area (Å²) < 4.78 is 29.0. The molecule has 0 aliphatic carbocycles. The molecule has 110 valence electrons. The van der Waals surface area contributed by atoms with Crippen molar-refractivity contribution in [3.8, 4) is 0 Å². The maximum absolute atomic E-state index is 12.8. The Bertz CT molecular complexity index is 798. The molecule has 0 fully saturated rings. The second-order valence-corrected chi connectivity index (χ2v) is 7.08. The number of hydrogen-bond donors (Lipinski definition) is 1. The fourth-order valence-electron chi connectivity index (χ4n) is 2.39. The highest BCUT2D eigenvalue weighted by Gasteiger charge is 2.30. The van der Waals surface area contributed by atoms with E-state index in [1.165, 1.54) is 10.4 Å². The molecule has 0 radical (unpaired) electrons. The fourth-order valence-corrected chi connectivity index (χ4v) is 4.23. The van der Waals surface area contributed by atoms with Crippen LogP contribution in [-0.2, 0) is 23.1 Å². The number of hydrogen-bond acceptors (Lipinski definition) is 4. The summed E-state index contributed by atoms with van der Waals surface area (Å²) in [6.07, 6.45) is 3.52. The first-order valence-electron chi connectivity index (χ1n) is 6.39. The Morgan fingerprint density at radius 2 is 2.05 bits per heavy atom. The van der Waals surface area contributed by atoms with Gasteiger partial charge in [-0.15, -0.1) is 0 Å². The molecule has 8 heteroatoms. The van der Waals surface area contributed by atoms with Crippen LogP contribution in [0.4, 0.5) is 0 Å². The largest absolute Gasteiger partial charge is 0.389 e. The Kier molecular flexibility index (Phi) is 3.52. The summed E-state index contributed by atoms with van der Waals surface area (Å²) in [7, 11) is -3.65. The van der Waals surface area contributed by atoms with Crippen molar-refractivity contribution < 1.29 is 8.42 Å². The Balaban J connectivity index is 2.01. The molecule has 3 rings (SSSR count). The molecule has 0 atom stereocenters. The summed E-state index contributed by atoms with van der Waals surface area (Å²) in [4.78, 5) is 4.41. The number of nitrogens with zero attached hydrogens (tertiary/aromatic N) is 3. The Morgan fingerprint density at radius 3 is 2.81 bits per heavy atom. The number of fused-ring (bicyclic) bond motifs is 1. The highest BCUT2D eigenvalue weighted by Crippen LogP contribution is 2.23. The van der Waals surface area contributed by atoms with Crippen molar-refractivity contribution >= 4 is 27.2 Å². The number of rotatable bonds is 3. The van der Waals surface area contributed by atoms with E-state index in [4.69, 9.17) is 18.0 Å². The SMILES string of the molecule is NC(=S)c1ccccc1S(=O)(=O)N1CCn2ccnc2C1. The monoisotopic (exact) mass is 322 g/mol. The van der Waals surface area contributed by atoms with E-state index in [1.54, 1.807) is 24.4 Å². The number of sulfonamides is 1. The van der Waals surface area contributed by atoms with Crippen LogP contribution in [0.25, 0.3) is 0 Å². The van der Waals surface area contributed by atoms with Gasteiger partial charge in [0.25, 0.3) is 0 Å². The minimum atomic E-state index is -3.65. The van der Waals surface area contributed by atoms with Gasteiger partial charge in [-0.2, -0.15) is 4.31 Å². The fraction of sp³-hybridized carbons (Fsp3) is 0.231. The molecule has 1 aromatic heterocycles. The third-order valence-electron chi connectivity index (χ3n) is 3.48. The summed E-state index contributed by atoms with van der Waals surface area (Å²) in [5, 5.41) is 0. The molecule has 0 saturated heterocycles. The zero-order valence-corrected chi connectivity index (χ0v) is 12.8. The lowest BCUT2D eigenvalue weighted by Gasteiger charge is -2.27. The molecule has 0 spiro atoms. The summed E-state index contributed by atoms with van der Waals surface area (Å²) >= 11 is 4.95. The van der Waals surface area contributed by atoms with E-state index in [2.05, 4.69) is 4.98 Å². The number of nitrogens with two attached hydrogens (primary N) is 1. The summed E-state index contributed by atoms with van der Waals surface area (Å²) in [5.41, 5.74) is 6.01. The van der Waals surface area contributed by atoms with E-state index in [0.29, 0.717) is 18.7 Å². The first kappa shape index (κ1) is 14.2. The van der Waals surface area contributed by atoms with Crippen LogP contribution in [0.3, 0.4) is 0 Å². The molecule has 6 nitrogen and oxygen atoms in total. The van der Waals surface area contributed by atoms with Gasteiger partial charge in [-0.25, -0.2) is 13.4 Å². The third-order valence-corrected chi connectivity index (χ3v) is 5.60. The van der Waals surface area contributed by atoms with Gasteiger partial charge < -0.3 is 10.3 Å².